The molecular weight excluding hydrogens is 656 g/mol. The summed E-state index contributed by atoms with van der Waals surface area (Å²) < 4.78 is 5.69. The molecule has 86 valence electrons. The van der Waals surface area contributed by atoms with Crippen LogP contribution in [0.15, 0.2) is 0 Å². The van der Waals surface area contributed by atoms with Crippen LogP contribution in [0.5, 0.6) is 0 Å². The summed E-state index contributed by atoms with van der Waals surface area (Å²) in [5.41, 5.74) is 2.96. The van der Waals surface area contributed by atoms with E-state index in [1.165, 1.54) is 51.8 Å². The van der Waals surface area contributed by atoms with Crippen LogP contribution in [0.1, 0.15) is 0 Å². The Balaban J connectivity index is 2.34. The Morgan fingerprint density at radius 3 is 1.19 bits per heavy atom. The second-order valence-corrected chi connectivity index (χ2v) is 8.24. The van der Waals surface area contributed by atoms with E-state index < -0.39 is 0 Å². The van der Waals surface area contributed by atoms with Gasteiger partial charge in [-0.15, -0.1) is 0 Å². The minimum Gasteiger partial charge on any atom is -0.365 e. The number of hydrogen-bond acceptors (Lipinski definition) is 2. The predicted molar refractivity (Wildman–Crippen MR) is 102 cm³/mol. The quantitative estimate of drug-likeness (QED) is 0.237. The molecule has 3 heterocycles. The van der Waals surface area contributed by atoms with Crippen LogP contribution >= 0.6 is 90.4 Å². The van der Waals surface area contributed by atoms with Crippen molar-refractivity contribution in [2.24, 2.45) is 0 Å². The summed E-state index contributed by atoms with van der Waals surface area (Å²) in [4.78, 5) is 5.11. The average molecular weight is 664 g/mol. The number of piperazine rings is 1. The molecule has 2 bridgehead atoms. The molecule has 3 aliphatic rings. The molecule has 1 aromatic carbocycles. The lowest BCUT2D eigenvalue weighted by molar-refractivity contribution is 0.621. The lowest BCUT2D eigenvalue weighted by Crippen LogP contribution is -2.52. The first-order valence-electron chi connectivity index (χ1n) is 4.97. The first-order chi connectivity index (χ1) is 7.61. The highest BCUT2D eigenvalue weighted by Crippen LogP contribution is 2.46. The highest BCUT2D eigenvalue weighted by atomic mass is 127. The molecule has 0 saturated carbocycles. The summed E-state index contributed by atoms with van der Waals surface area (Å²) >= 11 is 9.96. The van der Waals surface area contributed by atoms with Crippen molar-refractivity contribution in [2.75, 3.05) is 36.0 Å². The van der Waals surface area contributed by atoms with Crippen molar-refractivity contribution in [1.82, 2.24) is 0 Å². The van der Waals surface area contributed by atoms with Gasteiger partial charge in [0, 0.05) is 33.3 Å². The van der Waals surface area contributed by atoms with E-state index in [4.69, 9.17) is 0 Å². The van der Waals surface area contributed by atoms with E-state index in [0.717, 1.165) is 0 Å². The molecule has 0 aromatic heterocycles. The smallest absolute Gasteiger partial charge is 0.0763 e. The van der Waals surface area contributed by atoms with Crippen molar-refractivity contribution in [3.8, 4) is 0 Å². The number of hydrogen-bond donors (Lipinski definition) is 0. The van der Waals surface area contributed by atoms with Gasteiger partial charge in [0.1, 0.15) is 0 Å². The highest BCUT2D eigenvalue weighted by Gasteiger charge is 2.33. The monoisotopic (exact) mass is 664 g/mol. The van der Waals surface area contributed by atoms with Gasteiger partial charge in [0.25, 0.3) is 0 Å². The van der Waals surface area contributed by atoms with Crippen LogP contribution in [-0.2, 0) is 0 Å². The first kappa shape index (κ1) is 12.8. The minimum atomic E-state index is 1.19. The third-order valence-corrected chi connectivity index (χ3v) is 10.5. The summed E-state index contributed by atoms with van der Waals surface area (Å²) in [6.45, 7) is 4.76. The second-order valence-electron chi connectivity index (χ2n) is 3.93. The molecule has 0 aliphatic carbocycles. The molecule has 2 nitrogen and oxygen atoms in total. The molecule has 0 unspecified atom stereocenters. The molecule has 0 N–H and O–H groups in total. The van der Waals surface area contributed by atoms with Gasteiger partial charge in [-0.25, -0.2) is 0 Å². The number of anilines is 2. The zero-order chi connectivity index (χ0) is 11.4. The Labute approximate surface area is 149 Å². The summed E-state index contributed by atoms with van der Waals surface area (Å²) in [5.74, 6) is 0. The summed E-state index contributed by atoms with van der Waals surface area (Å²) in [7, 11) is 0. The van der Waals surface area contributed by atoms with E-state index in [1.807, 2.05) is 0 Å². The maximum atomic E-state index is 2.55. The molecule has 6 heteroatoms. The van der Waals surface area contributed by atoms with Gasteiger partial charge < -0.3 is 9.80 Å². The van der Waals surface area contributed by atoms with E-state index in [-0.39, 0.29) is 0 Å². The molecule has 1 fully saturated rings. The molecule has 1 aromatic rings. The van der Waals surface area contributed by atoms with Crippen molar-refractivity contribution >= 4 is 102 Å². The lowest BCUT2D eigenvalue weighted by atomic mass is 10.1. The molecule has 1 saturated heterocycles. The normalized spacial score (nSPS) is 18.0. The van der Waals surface area contributed by atoms with E-state index in [9.17, 15) is 0 Å². The Hall–Kier alpha value is 1.74. The van der Waals surface area contributed by atoms with Gasteiger partial charge in [0.2, 0.25) is 0 Å². The topological polar surface area (TPSA) is 6.48 Å². The zero-order valence-electron chi connectivity index (χ0n) is 8.23. The zero-order valence-corrected chi connectivity index (χ0v) is 16.9. The third-order valence-electron chi connectivity index (χ3n) is 3.13. The lowest BCUT2D eigenvalue weighted by Gasteiger charge is -2.46. The van der Waals surface area contributed by atoms with Gasteiger partial charge in [-0.2, -0.15) is 0 Å². The first-order valence-corrected chi connectivity index (χ1v) is 9.28. The van der Waals surface area contributed by atoms with Crippen LogP contribution in [0.3, 0.4) is 0 Å². The van der Waals surface area contributed by atoms with Gasteiger partial charge in [-0.05, 0) is 90.4 Å². The average Bonchev–Trinajstić information content (AvgIpc) is 2.34. The van der Waals surface area contributed by atoms with Crippen molar-refractivity contribution in [3.05, 3.63) is 14.3 Å². The SMILES string of the molecule is Ic1c(I)c(I)c2c(c1I)N1CCN2CC1. The summed E-state index contributed by atoms with van der Waals surface area (Å²) in [5, 5.41) is 0. The largest absolute Gasteiger partial charge is 0.365 e. The Morgan fingerprint density at radius 2 is 0.875 bits per heavy atom. The minimum absolute atomic E-state index is 1.19. The summed E-state index contributed by atoms with van der Waals surface area (Å²) in [6, 6.07) is 0. The van der Waals surface area contributed by atoms with Gasteiger partial charge in [-0.3, -0.25) is 0 Å². The number of nitrogens with zero attached hydrogens (tertiary/aromatic N) is 2. The maximum Gasteiger partial charge on any atom is 0.0763 e. The third kappa shape index (κ3) is 1.79. The second kappa shape index (κ2) is 4.69. The molecule has 0 spiro atoms. The molecule has 0 radical (unpaired) electrons. The van der Waals surface area contributed by atoms with Crippen LogP contribution in [-0.4, -0.2) is 26.2 Å². The Morgan fingerprint density at radius 1 is 0.562 bits per heavy atom. The highest BCUT2D eigenvalue weighted by molar-refractivity contribution is 14.1. The van der Waals surface area contributed by atoms with Crippen LogP contribution < -0.4 is 9.80 Å². The van der Waals surface area contributed by atoms with Crippen molar-refractivity contribution in [2.45, 2.75) is 0 Å². The molecule has 0 amide bonds. The van der Waals surface area contributed by atoms with Crippen LogP contribution in [0, 0.1) is 14.3 Å². The number of fused-ring (bicyclic) bond motifs is 2. The van der Waals surface area contributed by atoms with Crippen LogP contribution in [0.4, 0.5) is 11.4 Å². The number of rotatable bonds is 0. The predicted octanol–water partition coefficient (Wildman–Crippen LogP) is 3.75. The number of benzene rings is 1. The van der Waals surface area contributed by atoms with Crippen molar-refractivity contribution in [1.29, 1.82) is 0 Å². The molecule has 0 atom stereocenters. The van der Waals surface area contributed by atoms with Crippen molar-refractivity contribution < 1.29 is 0 Å². The van der Waals surface area contributed by atoms with E-state index in [0.29, 0.717) is 0 Å². The molecule has 4 rings (SSSR count). The molecule has 16 heavy (non-hydrogen) atoms. The van der Waals surface area contributed by atoms with Crippen LogP contribution in [0.2, 0.25) is 0 Å². The van der Waals surface area contributed by atoms with Crippen molar-refractivity contribution in [3.63, 3.8) is 0 Å². The van der Waals surface area contributed by atoms with E-state index in [2.05, 4.69) is 100 Å². The van der Waals surface area contributed by atoms with E-state index in [1.54, 1.807) is 0 Å². The van der Waals surface area contributed by atoms with Gasteiger partial charge >= 0.3 is 0 Å². The Kier molecular flexibility index (Phi) is 3.74. The van der Waals surface area contributed by atoms with Gasteiger partial charge in [-0.1, -0.05) is 0 Å². The fraction of sp³-hybridized carbons (Fsp3) is 0.400. The standard InChI is InChI=1S/C10H8I4N2/c11-5-6(12)8(14)10-9(7(5)13)15-1-2-16(10)4-3-15/h1-4H2. The van der Waals surface area contributed by atoms with E-state index >= 15 is 0 Å². The Bertz CT molecular complexity index is 424. The fourth-order valence-corrected chi connectivity index (χ4v) is 6.15. The maximum absolute atomic E-state index is 2.55. The summed E-state index contributed by atoms with van der Waals surface area (Å²) in [6.07, 6.45) is 0. The fourth-order valence-electron chi connectivity index (χ4n) is 2.34. The molecule has 3 aliphatic heterocycles. The van der Waals surface area contributed by atoms with Gasteiger partial charge in [0.15, 0.2) is 0 Å². The molecular formula is C10H8I4N2. The van der Waals surface area contributed by atoms with Crippen LogP contribution in [0.25, 0.3) is 0 Å². The van der Waals surface area contributed by atoms with Gasteiger partial charge in [0.05, 0.1) is 18.5 Å². The number of halogens is 4.